The summed E-state index contributed by atoms with van der Waals surface area (Å²) in [4.78, 5) is 25.1. The molecule has 0 spiro atoms. The van der Waals surface area contributed by atoms with E-state index >= 15 is 0 Å². The van der Waals surface area contributed by atoms with Crippen LogP contribution in [0.3, 0.4) is 0 Å². The molecular formula is C11H15ClN4O2S. The molecule has 6 nitrogen and oxygen atoms in total. The van der Waals surface area contributed by atoms with Crippen molar-refractivity contribution < 1.29 is 9.59 Å². The molecule has 8 heteroatoms. The molecule has 1 N–H and O–H groups in total. The number of carbonyl (C=O) groups is 2. The van der Waals surface area contributed by atoms with E-state index in [4.69, 9.17) is 11.6 Å². The summed E-state index contributed by atoms with van der Waals surface area (Å²) in [6.07, 6.45) is 2.02. The van der Waals surface area contributed by atoms with Gasteiger partial charge in [-0.2, -0.15) is 0 Å². The first kappa shape index (κ1) is 14.2. The van der Waals surface area contributed by atoms with Crippen LogP contribution < -0.4 is 5.32 Å². The van der Waals surface area contributed by atoms with Crippen molar-refractivity contribution >= 4 is 34.8 Å². The quantitative estimate of drug-likeness (QED) is 0.914. The lowest BCUT2D eigenvalue weighted by atomic mass is 10.0. The van der Waals surface area contributed by atoms with E-state index in [-0.39, 0.29) is 22.3 Å². The third-order valence-corrected chi connectivity index (χ3v) is 4.06. The minimum atomic E-state index is -0.135. The lowest BCUT2D eigenvalue weighted by molar-refractivity contribution is -0.121. The van der Waals surface area contributed by atoms with Gasteiger partial charge in [-0.15, -0.1) is 10.2 Å². The van der Waals surface area contributed by atoms with Gasteiger partial charge in [0, 0.05) is 25.6 Å². The first-order chi connectivity index (χ1) is 9.10. The third kappa shape index (κ3) is 3.63. The number of carbonyl (C=O) groups excluding carboxylic acids is 2. The lowest BCUT2D eigenvalue weighted by Crippen LogP contribution is -2.46. The van der Waals surface area contributed by atoms with Crippen molar-refractivity contribution in [2.45, 2.75) is 32.2 Å². The second-order valence-electron chi connectivity index (χ2n) is 4.35. The average molecular weight is 303 g/mol. The first-order valence-electron chi connectivity index (χ1n) is 6.17. The van der Waals surface area contributed by atoms with Crippen LogP contribution >= 0.6 is 22.9 Å². The minimum absolute atomic E-state index is 0.0562. The second-order valence-corrected chi connectivity index (χ2v) is 5.91. The molecule has 1 aromatic rings. The highest BCUT2D eigenvalue weighted by Crippen LogP contribution is 2.19. The Balaban J connectivity index is 1.86. The van der Waals surface area contributed by atoms with Gasteiger partial charge < -0.3 is 10.2 Å². The van der Waals surface area contributed by atoms with E-state index in [1.54, 1.807) is 4.90 Å². The highest BCUT2D eigenvalue weighted by Gasteiger charge is 2.26. The zero-order chi connectivity index (χ0) is 13.8. The molecule has 0 radical (unpaired) electrons. The molecule has 0 aromatic carbocycles. The van der Waals surface area contributed by atoms with Gasteiger partial charge >= 0.3 is 0 Å². The van der Waals surface area contributed by atoms with Gasteiger partial charge in [0.05, 0.1) is 0 Å². The van der Waals surface area contributed by atoms with Crippen LogP contribution in [0.4, 0.5) is 0 Å². The largest absolute Gasteiger partial charge is 0.353 e. The van der Waals surface area contributed by atoms with Crippen molar-refractivity contribution in [1.82, 2.24) is 20.4 Å². The Labute approximate surface area is 120 Å². The molecular weight excluding hydrogens is 288 g/mol. The number of piperidine rings is 1. The Morgan fingerprint density at radius 2 is 2.11 bits per heavy atom. The van der Waals surface area contributed by atoms with E-state index in [9.17, 15) is 9.59 Å². The fourth-order valence-corrected chi connectivity index (χ4v) is 2.78. The maximum atomic E-state index is 12.1. The molecule has 0 saturated carbocycles. The summed E-state index contributed by atoms with van der Waals surface area (Å²) in [5, 5.41) is 10.6. The van der Waals surface area contributed by atoms with Crippen LogP contribution in [0.15, 0.2) is 0 Å². The highest BCUT2D eigenvalue weighted by molar-refractivity contribution is 7.17. The molecule has 0 bridgehead atoms. The Bertz CT molecular complexity index is 471. The molecule has 104 valence electrons. The number of nitrogens with one attached hydrogen (secondary N) is 1. The number of rotatable bonds is 3. The van der Waals surface area contributed by atoms with Gasteiger partial charge in [-0.3, -0.25) is 9.59 Å². The Morgan fingerprint density at radius 3 is 2.63 bits per heavy atom. The van der Waals surface area contributed by atoms with E-state index in [2.05, 4.69) is 15.5 Å². The topological polar surface area (TPSA) is 75.2 Å². The summed E-state index contributed by atoms with van der Waals surface area (Å²) in [6.45, 7) is 3.06. The molecule has 1 aromatic heterocycles. The SMILES string of the molecule is CCC(=O)NC1CCN(C(=O)c2nnc(Cl)s2)CC1. The zero-order valence-corrected chi connectivity index (χ0v) is 12.1. The van der Waals surface area contributed by atoms with Crippen molar-refractivity contribution in [2.75, 3.05) is 13.1 Å². The van der Waals surface area contributed by atoms with Gasteiger partial charge in [0.1, 0.15) is 0 Å². The average Bonchev–Trinajstić information content (AvgIpc) is 2.85. The van der Waals surface area contributed by atoms with Crippen LogP contribution in [0.25, 0.3) is 0 Å². The van der Waals surface area contributed by atoms with E-state index in [1.807, 2.05) is 6.92 Å². The predicted molar refractivity (Wildman–Crippen MR) is 72.3 cm³/mol. The van der Waals surface area contributed by atoms with Crippen molar-refractivity contribution in [2.24, 2.45) is 0 Å². The van der Waals surface area contributed by atoms with Crippen molar-refractivity contribution in [3.05, 3.63) is 9.47 Å². The van der Waals surface area contributed by atoms with Crippen molar-refractivity contribution in [1.29, 1.82) is 0 Å². The minimum Gasteiger partial charge on any atom is -0.353 e. The van der Waals surface area contributed by atoms with Crippen molar-refractivity contribution in [3.63, 3.8) is 0 Å². The number of likely N-dealkylation sites (tertiary alicyclic amines) is 1. The molecule has 1 saturated heterocycles. The second kappa shape index (κ2) is 6.29. The van der Waals surface area contributed by atoms with Gasteiger partial charge in [0.25, 0.3) is 5.91 Å². The summed E-state index contributed by atoms with van der Waals surface area (Å²) in [5.41, 5.74) is 0. The van der Waals surface area contributed by atoms with E-state index in [1.165, 1.54) is 0 Å². The molecule has 0 aliphatic carbocycles. The molecule has 2 heterocycles. The Morgan fingerprint density at radius 1 is 1.42 bits per heavy atom. The highest BCUT2D eigenvalue weighted by atomic mass is 35.5. The summed E-state index contributed by atoms with van der Waals surface area (Å²) < 4.78 is 0.272. The summed E-state index contributed by atoms with van der Waals surface area (Å²) in [7, 11) is 0. The van der Waals surface area contributed by atoms with Crippen LogP contribution in [0.2, 0.25) is 4.47 Å². The van der Waals surface area contributed by atoms with Gasteiger partial charge in [-0.1, -0.05) is 18.3 Å². The van der Waals surface area contributed by atoms with Crippen LogP contribution in [-0.4, -0.2) is 46.0 Å². The smallest absolute Gasteiger partial charge is 0.284 e. The molecule has 1 aliphatic rings. The van der Waals surface area contributed by atoms with Crippen LogP contribution in [0, 0.1) is 0 Å². The van der Waals surface area contributed by atoms with Crippen LogP contribution in [0.5, 0.6) is 0 Å². The molecule has 2 rings (SSSR count). The lowest BCUT2D eigenvalue weighted by Gasteiger charge is -2.31. The van der Waals surface area contributed by atoms with Crippen LogP contribution in [-0.2, 0) is 4.79 Å². The fourth-order valence-electron chi connectivity index (χ4n) is 1.98. The standard InChI is InChI=1S/C11H15ClN4O2S/c1-2-8(17)13-7-3-5-16(6-4-7)10(18)9-14-15-11(12)19-9/h7H,2-6H2,1H3,(H,13,17). The number of halogens is 1. The normalized spacial score (nSPS) is 16.4. The first-order valence-corrected chi connectivity index (χ1v) is 7.37. The molecule has 0 unspecified atom stereocenters. The Hall–Kier alpha value is -1.21. The molecule has 1 aliphatic heterocycles. The number of aromatic nitrogens is 2. The maximum absolute atomic E-state index is 12.1. The summed E-state index contributed by atoms with van der Waals surface area (Å²) in [6, 6.07) is 0.162. The number of hydrogen-bond donors (Lipinski definition) is 1. The maximum Gasteiger partial charge on any atom is 0.284 e. The zero-order valence-electron chi connectivity index (χ0n) is 10.6. The molecule has 19 heavy (non-hydrogen) atoms. The molecule has 2 amide bonds. The van der Waals surface area contributed by atoms with Gasteiger partial charge in [-0.05, 0) is 24.4 Å². The molecule has 1 fully saturated rings. The van der Waals surface area contributed by atoms with Crippen LogP contribution in [0.1, 0.15) is 36.0 Å². The van der Waals surface area contributed by atoms with E-state index < -0.39 is 0 Å². The fraction of sp³-hybridized carbons (Fsp3) is 0.636. The van der Waals surface area contributed by atoms with E-state index in [0.717, 1.165) is 24.2 Å². The monoisotopic (exact) mass is 302 g/mol. The van der Waals surface area contributed by atoms with Gasteiger partial charge in [-0.25, -0.2) is 0 Å². The number of nitrogens with zero attached hydrogens (tertiary/aromatic N) is 3. The van der Waals surface area contributed by atoms with E-state index in [0.29, 0.717) is 24.5 Å². The van der Waals surface area contributed by atoms with Crippen molar-refractivity contribution in [3.8, 4) is 0 Å². The molecule has 0 atom stereocenters. The summed E-state index contributed by atoms with van der Waals surface area (Å²) >= 11 is 6.75. The predicted octanol–water partition coefficient (Wildman–Crippen LogP) is 1.32. The van der Waals surface area contributed by atoms with Gasteiger partial charge in [0.15, 0.2) is 0 Å². The number of amides is 2. The number of hydrogen-bond acceptors (Lipinski definition) is 5. The Kier molecular flexibility index (Phi) is 4.71. The van der Waals surface area contributed by atoms with Gasteiger partial charge in [0.2, 0.25) is 15.4 Å². The summed E-state index contributed by atoms with van der Waals surface area (Å²) in [5.74, 6) is -0.0784. The third-order valence-electron chi connectivity index (χ3n) is 3.05.